The van der Waals surface area contributed by atoms with Crippen LogP contribution in [0, 0.1) is 23.7 Å². The summed E-state index contributed by atoms with van der Waals surface area (Å²) >= 11 is 0. The predicted octanol–water partition coefficient (Wildman–Crippen LogP) is 3.36. The summed E-state index contributed by atoms with van der Waals surface area (Å²) in [4.78, 5) is 12.1. The highest BCUT2D eigenvalue weighted by Gasteiger charge is 2.34. The first-order chi connectivity index (χ1) is 8.81. The fourth-order valence-corrected chi connectivity index (χ4v) is 3.09. The SMILES string of the molecule is CC(C)C[C@H](N)C(=O)O[C@@H]1C[C@H](C)CC[C@H]1C(C)C. The Morgan fingerprint density at radius 2 is 1.89 bits per heavy atom. The van der Waals surface area contributed by atoms with Crippen LogP contribution >= 0.6 is 0 Å². The minimum atomic E-state index is -0.468. The average Bonchev–Trinajstić information content (AvgIpc) is 2.27. The molecule has 0 aliphatic heterocycles. The van der Waals surface area contributed by atoms with E-state index in [-0.39, 0.29) is 12.1 Å². The van der Waals surface area contributed by atoms with Crippen LogP contribution in [-0.4, -0.2) is 18.1 Å². The molecular formula is C16H31NO2. The van der Waals surface area contributed by atoms with Crippen LogP contribution in [0.2, 0.25) is 0 Å². The zero-order valence-electron chi connectivity index (χ0n) is 13.2. The first-order valence-corrected chi connectivity index (χ1v) is 7.77. The number of hydrogen-bond donors (Lipinski definition) is 1. The van der Waals surface area contributed by atoms with Crippen molar-refractivity contribution in [3.63, 3.8) is 0 Å². The average molecular weight is 269 g/mol. The first-order valence-electron chi connectivity index (χ1n) is 7.77. The fraction of sp³-hybridized carbons (Fsp3) is 0.938. The second-order valence-electron chi connectivity index (χ2n) is 7.04. The third-order valence-corrected chi connectivity index (χ3v) is 4.26. The Kier molecular flexibility index (Phi) is 6.31. The summed E-state index contributed by atoms with van der Waals surface area (Å²) in [6, 6.07) is -0.468. The molecule has 1 rings (SSSR count). The van der Waals surface area contributed by atoms with Crippen molar-refractivity contribution in [1.29, 1.82) is 0 Å². The maximum absolute atomic E-state index is 12.1. The van der Waals surface area contributed by atoms with Gasteiger partial charge in [0.2, 0.25) is 0 Å². The second kappa shape index (κ2) is 7.28. The van der Waals surface area contributed by atoms with Crippen molar-refractivity contribution in [1.82, 2.24) is 0 Å². The molecule has 1 saturated carbocycles. The molecule has 0 heterocycles. The van der Waals surface area contributed by atoms with E-state index in [1.807, 2.05) is 0 Å². The van der Waals surface area contributed by atoms with E-state index in [0.717, 1.165) is 12.8 Å². The van der Waals surface area contributed by atoms with Gasteiger partial charge in [0.15, 0.2) is 0 Å². The molecule has 3 heteroatoms. The quantitative estimate of drug-likeness (QED) is 0.779. The van der Waals surface area contributed by atoms with Gasteiger partial charge in [0.1, 0.15) is 12.1 Å². The molecular weight excluding hydrogens is 238 g/mol. The van der Waals surface area contributed by atoms with E-state index in [9.17, 15) is 4.79 Å². The van der Waals surface area contributed by atoms with Crippen molar-refractivity contribution in [3.8, 4) is 0 Å². The van der Waals surface area contributed by atoms with Crippen molar-refractivity contribution in [2.45, 2.75) is 72.4 Å². The van der Waals surface area contributed by atoms with Crippen LogP contribution in [0.15, 0.2) is 0 Å². The molecule has 19 heavy (non-hydrogen) atoms. The van der Waals surface area contributed by atoms with Crippen molar-refractivity contribution in [3.05, 3.63) is 0 Å². The Morgan fingerprint density at radius 3 is 2.42 bits per heavy atom. The predicted molar refractivity (Wildman–Crippen MR) is 78.7 cm³/mol. The van der Waals surface area contributed by atoms with Crippen molar-refractivity contribution < 1.29 is 9.53 Å². The van der Waals surface area contributed by atoms with Gasteiger partial charge >= 0.3 is 5.97 Å². The summed E-state index contributed by atoms with van der Waals surface area (Å²) in [6.45, 7) is 10.8. The molecule has 0 aromatic rings. The lowest BCUT2D eigenvalue weighted by molar-refractivity contribution is -0.157. The zero-order chi connectivity index (χ0) is 14.6. The number of esters is 1. The molecule has 0 bridgehead atoms. The van der Waals surface area contributed by atoms with Gasteiger partial charge in [-0.3, -0.25) is 4.79 Å². The lowest BCUT2D eigenvalue weighted by Gasteiger charge is -2.37. The van der Waals surface area contributed by atoms with Gasteiger partial charge in [-0.05, 0) is 42.9 Å². The minimum absolute atomic E-state index is 0.0643. The van der Waals surface area contributed by atoms with E-state index in [2.05, 4.69) is 34.6 Å². The van der Waals surface area contributed by atoms with Crippen LogP contribution < -0.4 is 5.73 Å². The summed E-state index contributed by atoms with van der Waals surface area (Å²) in [6.07, 6.45) is 4.16. The number of ether oxygens (including phenoxy) is 1. The smallest absolute Gasteiger partial charge is 0.323 e. The lowest BCUT2D eigenvalue weighted by atomic mass is 9.75. The largest absolute Gasteiger partial charge is 0.461 e. The standard InChI is InChI=1S/C16H31NO2/c1-10(2)8-14(17)16(18)19-15-9-12(5)6-7-13(15)11(3)4/h10-15H,6-9,17H2,1-5H3/t12-,13+,14+,15-/m1/s1. The molecule has 2 N–H and O–H groups in total. The van der Waals surface area contributed by atoms with Crippen LogP contribution in [0.3, 0.4) is 0 Å². The maximum Gasteiger partial charge on any atom is 0.323 e. The van der Waals surface area contributed by atoms with E-state index >= 15 is 0 Å². The summed E-state index contributed by atoms with van der Waals surface area (Å²) in [5.74, 6) is 1.92. The van der Waals surface area contributed by atoms with Crippen LogP contribution in [0.25, 0.3) is 0 Å². The van der Waals surface area contributed by atoms with Crippen molar-refractivity contribution >= 4 is 5.97 Å². The summed E-state index contributed by atoms with van der Waals surface area (Å²) in [5, 5.41) is 0. The molecule has 0 aromatic carbocycles. The number of nitrogens with two attached hydrogens (primary N) is 1. The van der Waals surface area contributed by atoms with E-state index in [4.69, 9.17) is 10.5 Å². The molecule has 0 saturated heterocycles. The molecule has 3 nitrogen and oxygen atoms in total. The van der Waals surface area contributed by atoms with Gasteiger partial charge in [-0.2, -0.15) is 0 Å². The highest BCUT2D eigenvalue weighted by molar-refractivity contribution is 5.75. The summed E-state index contributed by atoms with van der Waals surface area (Å²) < 4.78 is 5.73. The molecule has 0 radical (unpaired) electrons. The maximum atomic E-state index is 12.1. The number of carbonyl (C=O) groups excluding carboxylic acids is 1. The number of hydrogen-bond acceptors (Lipinski definition) is 3. The van der Waals surface area contributed by atoms with Gasteiger partial charge in [-0.25, -0.2) is 0 Å². The molecule has 0 aromatic heterocycles. The highest BCUT2D eigenvalue weighted by Crippen LogP contribution is 2.35. The molecule has 112 valence electrons. The van der Waals surface area contributed by atoms with Crippen molar-refractivity contribution in [2.75, 3.05) is 0 Å². The molecule has 1 fully saturated rings. The number of carbonyl (C=O) groups is 1. The van der Waals surface area contributed by atoms with Crippen LogP contribution in [0.5, 0.6) is 0 Å². The second-order valence-corrected chi connectivity index (χ2v) is 7.04. The summed E-state index contributed by atoms with van der Waals surface area (Å²) in [7, 11) is 0. The molecule has 1 aliphatic carbocycles. The third-order valence-electron chi connectivity index (χ3n) is 4.26. The first kappa shape index (κ1) is 16.5. The van der Waals surface area contributed by atoms with Gasteiger partial charge in [0.05, 0.1) is 0 Å². The summed E-state index contributed by atoms with van der Waals surface area (Å²) in [5.41, 5.74) is 5.92. The van der Waals surface area contributed by atoms with Crippen LogP contribution in [0.1, 0.15) is 60.3 Å². The molecule has 0 spiro atoms. The van der Waals surface area contributed by atoms with Gasteiger partial charge in [-0.15, -0.1) is 0 Å². The van der Waals surface area contributed by atoms with Crippen LogP contribution in [-0.2, 0) is 9.53 Å². The Hall–Kier alpha value is -0.570. The van der Waals surface area contributed by atoms with E-state index in [0.29, 0.717) is 30.1 Å². The van der Waals surface area contributed by atoms with Crippen LogP contribution in [0.4, 0.5) is 0 Å². The van der Waals surface area contributed by atoms with Gasteiger partial charge < -0.3 is 10.5 Å². The highest BCUT2D eigenvalue weighted by atomic mass is 16.5. The van der Waals surface area contributed by atoms with E-state index in [1.54, 1.807) is 0 Å². The normalized spacial score (nSPS) is 29.6. The van der Waals surface area contributed by atoms with Gasteiger partial charge in [-0.1, -0.05) is 41.0 Å². The fourth-order valence-electron chi connectivity index (χ4n) is 3.09. The number of rotatable bonds is 5. The third kappa shape index (κ3) is 5.13. The monoisotopic (exact) mass is 269 g/mol. The Balaban J connectivity index is 2.58. The molecule has 0 amide bonds. The van der Waals surface area contributed by atoms with E-state index in [1.165, 1.54) is 6.42 Å². The minimum Gasteiger partial charge on any atom is -0.461 e. The molecule has 4 atom stereocenters. The van der Waals surface area contributed by atoms with Crippen molar-refractivity contribution in [2.24, 2.45) is 29.4 Å². The molecule has 1 aliphatic rings. The Morgan fingerprint density at radius 1 is 1.26 bits per heavy atom. The van der Waals surface area contributed by atoms with Gasteiger partial charge in [0.25, 0.3) is 0 Å². The molecule has 0 unspecified atom stereocenters. The Labute approximate surface area is 118 Å². The topological polar surface area (TPSA) is 52.3 Å². The lowest BCUT2D eigenvalue weighted by Crippen LogP contribution is -2.41. The van der Waals surface area contributed by atoms with Gasteiger partial charge in [0, 0.05) is 0 Å². The van der Waals surface area contributed by atoms with E-state index < -0.39 is 6.04 Å². The Bertz CT molecular complexity index is 288. The zero-order valence-corrected chi connectivity index (χ0v) is 13.2.